The van der Waals surface area contributed by atoms with E-state index < -0.39 is 5.97 Å². The predicted molar refractivity (Wildman–Crippen MR) is 83.6 cm³/mol. The summed E-state index contributed by atoms with van der Waals surface area (Å²) >= 11 is 0. The molecule has 3 rings (SSSR count). The molecule has 0 aliphatic carbocycles. The van der Waals surface area contributed by atoms with Crippen LogP contribution in [-0.2, 0) is 20.8 Å². The average Bonchev–Trinajstić information content (AvgIpc) is 3.14. The first-order valence-electron chi connectivity index (χ1n) is 7.94. The van der Waals surface area contributed by atoms with E-state index in [1.807, 2.05) is 24.3 Å². The molecule has 2 atom stereocenters. The van der Waals surface area contributed by atoms with Gasteiger partial charge in [-0.1, -0.05) is 18.2 Å². The molecule has 0 saturated carbocycles. The molecule has 0 radical (unpaired) electrons. The van der Waals surface area contributed by atoms with Crippen LogP contribution in [-0.4, -0.2) is 61.1 Å². The standard InChI is InChI=1S/C17H23NO5/c1-21-15-10-18(12-17(15)7-4-8-23-17)9-13-5-2-3-6-14(13)22-11-16(19)20/h2-3,5-6,15H,4,7-12H2,1H3,(H,19,20)/t15-,17-/m0/s1. The van der Waals surface area contributed by atoms with Gasteiger partial charge in [-0.05, 0) is 18.9 Å². The lowest BCUT2D eigenvalue weighted by molar-refractivity contribution is -0.139. The Morgan fingerprint density at radius 1 is 1.48 bits per heavy atom. The Bertz CT molecular complexity index is 556. The van der Waals surface area contributed by atoms with E-state index >= 15 is 0 Å². The van der Waals surface area contributed by atoms with Crippen LogP contribution >= 0.6 is 0 Å². The smallest absolute Gasteiger partial charge is 0.341 e. The molecule has 0 unspecified atom stereocenters. The highest BCUT2D eigenvalue weighted by atomic mass is 16.6. The van der Waals surface area contributed by atoms with Gasteiger partial charge in [0.1, 0.15) is 11.4 Å². The normalized spacial score (nSPS) is 27.6. The number of carboxylic acids is 1. The predicted octanol–water partition coefficient (Wildman–Crippen LogP) is 1.53. The summed E-state index contributed by atoms with van der Waals surface area (Å²) < 4.78 is 17.0. The number of carbonyl (C=O) groups is 1. The Hall–Kier alpha value is -1.63. The number of benzene rings is 1. The third kappa shape index (κ3) is 3.49. The molecule has 1 aromatic carbocycles. The van der Waals surface area contributed by atoms with Crippen molar-refractivity contribution >= 4 is 5.97 Å². The largest absolute Gasteiger partial charge is 0.482 e. The lowest BCUT2D eigenvalue weighted by atomic mass is 9.96. The summed E-state index contributed by atoms with van der Waals surface area (Å²) in [4.78, 5) is 13.0. The van der Waals surface area contributed by atoms with Crippen molar-refractivity contribution in [1.82, 2.24) is 4.90 Å². The molecule has 6 nitrogen and oxygen atoms in total. The number of nitrogens with zero attached hydrogens (tertiary/aromatic N) is 1. The Balaban J connectivity index is 1.69. The first-order chi connectivity index (χ1) is 11.1. The summed E-state index contributed by atoms with van der Waals surface area (Å²) in [5, 5.41) is 8.79. The number of hydrogen-bond acceptors (Lipinski definition) is 5. The Labute approximate surface area is 135 Å². The molecule has 1 spiro atoms. The van der Waals surface area contributed by atoms with Crippen LogP contribution in [0.15, 0.2) is 24.3 Å². The van der Waals surface area contributed by atoms with Crippen molar-refractivity contribution < 1.29 is 24.1 Å². The molecule has 0 aromatic heterocycles. The molecule has 126 valence electrons. The van der Waals surface area contributed by atoms with E-state index in [4.69, 9.17) is 19.3 Å². The maximum atomic E-state index is 10.7. The molecule has 2 heterocycles. The van der Waals surface area contributed by atoms with Crippen molar-refractivity contribution in [1.29, 1.82) is 0 Å². The molecule has 2 aliphatic heterocycles. The van der Waals surface area contributed by atoms with Crippen LogP contribution in [0.25, 0.3) is 0 Å². The monoisotopic (exact) mass is 321 g/mol. The Morgan fingerprint density at radius 2 is 2.30 bits per heavy atom. The SMILES string of the molecule is CO[C@H]1CN(Cc2ccccc2OCC(=O)O)C[C@@]12CCCO2. The molecule has 2 saturated heterocycles. The molecule has 6 heteroatoms. The van der Waals surface area contributed by atoms with E-state index in [0.717, 1.165) is 38.1 Å². The van der Waals surface area contributed by atoms with Gasteiger partial charge in [0, 0.05) is 38.9 Å². The zero-order valence-electron chi connectivity index (χ0n) is 13.4. The second-order valence-electron chi connectivity index (χ2n) is 6.20. The number of carboxylic acid groups (broad SMARTS) is 1. The Morgan fingerprint density at radius 3 is 3.00 bits per heavy atom. The quantitative estimate of drug-likeness (QED) is 0.857. The summed E-state index contributed by atoms with van der Waals surface area (Å²) in [6, 6.07) is 7.57. The van der Waals surface area contributed by atoms with E-state index in [-0.39, 0.29) is 18.3 Å². The summed E-state index contributed by atoms with van der Waals surface area (Å²) in [5.74, 6) is -0.351. The highest BCUT2D eigenvalue weighted by molar-refractivity contribution is 5.68. The molecular formula is C17H23NO5. The van der Waals surface area contributed by atoms with Crippen LogP contribution in [0.5, 0.6) is 5.75 Å². The van der Waals surface area contributed by atoms with Crippen LogP contribution in [0.1, 0.15) is 18.4 Å². The highest BCUT2D eigenvalue weighted by Gasteiger charge is 2.49. The minimum atomic E-state index is -0.973. The number of para-hydroxylation sites is 1. The number of likely N-dealkylation sites (tertiary alicyclic amines) is 1. The van der Waals surface area contributed by atoms with Gasteiger partial charge in [-0.2, -0.15) is 0 Å². The van der Waals surface area contributed by atoms with Crippen molar-refractivity contribution in [3.05, 3.63) is 29.8 Å². The topological polar surface area (TPSA) is 68.2 Å². The lowest BCUT2D eigenvalue weighted by Crippen LogP contribution is -2.41. The third-order valence-corrected chi connectivity index (χ3v) is 4.64. The number of ether oxygens (including phenoxy) is 3. The zero-order chi connectivity index (χ0) is 16.3. The van der Waals surface area contributed by atoms with Crippen LogP contribution in [0.4, 0.5) is 0 Å². The fraction of sp³-hybridized carbons (Fsp3) is 0.588. The van der Waals surface area contributed by atoms with Gasteiger partial charge >= 0.3 is 5.97 Å². The van der Waals surface area contributed by atoms with E-state index in [0.29, 0.717) is 12.3 Å². The molecule has 0 amide bonds. The van der Waals surface area contributed by atoms with E-state index in [2.05, 4.69) is 4.90 Å². The third-order valence-electron chi connectivity index (χ3n) is 4.64. The van der Waals surface area contributed by atoms with Gasteiger partial charge in [0.25, 0.3) is 0 Å². The van der Waals surface area contributed by atoms with Gasteiger partial charge in [-0.15, -0.1) is 0 Å². The van der Waals surface area contributed by atoms with Crippen molar-refractivity contribution in [3.8, 4) is 5.75 Å². The van der Waals surface area contributed by atoms with Gasteiger partial charge in [-0.3, -0.25) is 4.90 Å². The average molecular weight is 321 g/mol. The maximum absolute atomic E-state index is 10.7. The molecule has 2 aliphatic rings. The minimum Gasteiger partial charge on any atom is -0.482 e. The summed E-state index contributed by atoms with van der Waals surface area (Å²) in [6.45, 7) is 2.81. The number of rotatable bonds is 6. The lowest BCUT2D eigenvalue weighted by Gasteiger charge is -2.28. The van der Waals surface area contributed by atoms with Crippen LogP contribution in [0, 0.1) is 0 Å². The van der Waals surface area contributed by atoms with Crippen LogP contribution in [0.3, 0.4) is 0 Å². The molecular weight excluding hydrogens is 298 g/mol. The fourth-order valence-electron chi connectivity index (χ4n) is 3.61. The summed E-state index contributed by atoms with van der Waals surface area (Å²) in [7, 11) is 1.74. The molecule has 2 fully saturated rings. The van der Waals surface area contributed by atoms with E-state index in [1.54, 1.807) is 7.11 Å². The van der Waals surface area contributed by atoms with Crippen molar-refractivity contribution in [2.24, 2.45) is 0 Å². The van der Waals surface area contributed by atoms with Crippen molar-refractivity contribution in [2.45, 2.75) is 31.1 Å². The van der Waals surface area contributed by atoms with E-state index in [9.17, 15) is 4.79 Å². The van der Waals surface area contributed by atoms with Crippen LogP contribution in [0.2, 0.25) is 0 Å². The van der Waals surface area contributed by atoms with Crippen LogP contribution < -0.4 is 4.74 Å². The first kappa shape index (κ1) is 16.2. The van der Waals surface area contributed by atoms with E-state index in [1.165, 1.54) is 0 Å². The number of hydrogen-bond donors (Lipinski definition) is 1. The second kappa shape index (κ2) is 6.86. The van der Waals surface area contributed by atoms with Gasteiger partial charge in [0.15, 0.2) is 6.61 Å². The van der Waals surface area contributed by atoms with Gasteiger partial charge in [0.05, 0.1) is 6.10 Å². The zero-order valence-corrected chi connectivity index (χ0v) is 13.4. The van der Waals surface area contributed by atoms with Crippen molar-refractivity contribution in [2.75, 3.05) is 33.4 Å². The fourth-order valence-corrected chi connectivity index (χ4v) is 3.61. The maximum Gasteiger partial charge on any atom is 0.341 e. The van der Waals surface area contributed by atoms with Crippen molar-refractivity contribution in [3.63, 3.8) is 0 Å². The molecule has 1 N–H and O–H groups in total. The Kier molecular flexibility index (Phi) is 4.84. The number of methoxy groups -OCH3 is 1. The summed E-state index contributed by atoms with van der Waals surface area (Å²) in [5.41, 5.74) is 0.796. The second-order valence-corrected chi connectivity index (χ2v) is 6.20. The van der Waals surface area contributed by atoms with Gasteiger partial charge in [-0.25, -0.2) is 4.79 Å². The van der Waals surface area contributed by atoms with Gasteiger partial charge < -0.3 is 19.3 Å². The molecule has 23 heavy (non-hydrogen) atoms. The molecule has 1 aromatic rings. The highest BCUT2D eigenvalue weighted by Crippen LogP contribution is 2.37. The summed E-state index contributed by atoms with van der Waals surface area (Å²) in [6.07, 6.45) is 2.18. The minimum absolute atomic E-state index is 0.0806. The number of aliphatic carboxylic acids is 1. The van der Waals surface area contributed by atoms with Gasteiger partial charge in [0.2, 0.25) is 0 Å². The first-order valence-corrected chi connectivity index (χ1v) is 7.94. The molecule has 0 bridgehead atoms.